The van der Waals surface area contributed by atoms with Gasteiger partial charge in [0.2, 0.25) is 0 Å². The van der Waals surface area contributed by atoms with E-state index in [1.165, 1.54) is 36.0 Å². The molecule has 3 atom stereocenters. The molecule has 0 heterocycles. The Morgan fingerprint density at radius 1 is 1.18 bits per heavy atom. The van der Waals surface area contributed by atoms with Crippen LogP contribution < -0.4 is 5.73 Å². The Morgan fingerprint density at radius 3 is 2.59 bits per heavy atom. The molecule has 0 spiro atoms. The van der Waals surface area contributed by atoms with E-state index in [0.717, 1.165) is 12.5 Å². The molecule has 1 aliphatic rings. The SMILES string of the molecule is Cc1ccc(C2CC(C)CCC2CN)cc1C. The van der Waals surface area contributed by atoms with Crippen LogP contribution in [0.5, 0.6) is 0 Å². The minimum absolute atomic E-state index is 0.683. The molecule has 2 rings (SSSR count). The quantitative estimate of drug-likeness (QED) is 0.823. The van der Waals surface area contributed by atoms with Crippen LogP contribution in [0.4, 0.5) is 0 Å². The molecule has 1 nitrogen and oxygen atoms in total. The summed E-state index contributed by atoms with van der Waals surface area (Å²) in [5.41, 5.74) is 10.3. The van der Waals surface area contributed by atoms with E-state index >= 15 is 0 Å². The molecule has 0 aliphatic heterocycles. The Bertz CT molecular complexity index is 383. The summed E-state index contributed by atoms with van der Waals surface area (Å²) in [5, 5.41) is 0. The lowest BCUT2D eigenvalue weighted by Gasteiger charge is -2.35. The average Bonchev–Trinajstić information content (AvgIpc) is 2.32. The Hall–Kier alpha value is -0.820. The van der Waals surface area contributed by atoms with Gasteiger partial charge < -0.3 is 5.73 Å². The van der Waals surface area contributed by atoms with E-state index < -0.39 is 0 Å². The molecular weight excluding hydrogens is 206 g/mol. The van der Waals surface area contributed by atoms with Crippen LogP contribution in [-0.2, 0) is 0 Å². The molecule has 1 aliphatic carbocycles. The minimum Gasteiger partial charge on any atom is -0.330 e. The van der Waals surface area contributed by atoms with E-state index in [1.54, 1.807) is 0 Å². The van der Waals surface area contributed by atoms with Gasteiger partial charge in [-0.1, -0.05) is 31.5 Å². The lowest BCUT2D eigenvalue weighted by atomic mass is 9.71. The molecule has 0 saturated heterocycles. The summed E-state index contributed by atoms with van der Waals surface area (Å²) >= 11 is 0. The maximum absolute atomic E-state index is 5.94. The van der Waals surface area contributed by atoms with Gasteiger partial charge >= 0.3 is 0 Å². The maximum Gasteiger partial charge on any atom is -0.00430 e. The second kappa shape index (κ2) is 5.22. The van der Waals surface area contributed by atoms with Crippen LogP contribution in [-0.4, -0.2) is 6.54 Å². The first-order valence-electron chi connectivity index (χ1n) is 6.89. The van der Waals surface area contributed by atoms with E-state index in [1.807, 2.05) is 0 Å². The van der Waals surface area contributed by atoms with Crippen molar-refractivity contribution in [1.82, 2.24) is 0 Å². The Labute approximate surface area is 105 Å². The topological polar surface area (TPSA) is 26.0 Å². The third kappa shape index (κ3) is 2.71. The standard InChI is InChI=1S/C16H25N/c1-11-4-6-15(10-17)16(8-11)14-7-5-12(2)13(3)9-14/h5,7,9,11,15-16H,4,6,8,10,17H2,1-3H3. The van der Waals surface area contributed by atoms with E-state index in [2.05, 4.69) is 39.0 Å². The monoisotopic (exact) mass is 231 g/mol. The fraction of sp³-hybridized carbons (Fsp3) is 0.625. The van der Waals surface area contributed by atoms with E-state index in [-0.39, 0.29) is 0 Å². The van der Waals surface area contributed by atoms with Gasteiger partial charge in [0.1, 0.15) is 0 Å². The first kappa shape index (κ1) is 12.6. The van der Waals surface area contributed by atoms with Crippen molar-refractivity contribution in [3.63, 3.8) is 0 Å². The first-order valence-corrected chi connectivity index (χ1v) is 6.89. The van der Waals surface area contributed by atoms with Gasteiger partial charge in [-0.2, -0.15) is 0 Å². The third-order valence-corrected chi connectivity index (χ3v) is 4.52. The molecule has 17 heavy (non-hydrogen) atoms. The highest BCUT2D eigenvalue weighted by Gasteiger charge is 2.28. The number of aryl methyl sites for hydroxylation is 2. The van der Waals surface area contributed by atoms with Crippen molar-refractivity contribution in [2.75, 3.05) is 6.54 Å². The smallest absolute Gasteiger partial charge is 0.00430 e. The van der Waals surface area contributed by atoms with Crippen LogP contribution in [0, 0.1) is 25.7 Å². The summed E-state index contributed by atoms with van der Waals surface area (Å²) in [4.78, 5) is 0. The molecule has 0 bridgehead atoms. The average molecular weight is 231 g/mol. The highest BCUT2D eigenvalue weighted by Crippen LogP contribution is 2.40. The highest BCUT2D eigenvalue weighted by atomic mass is 14.6. The number of nitrogens with two attached hydrogens (primary N) is 1. The number of hydrogen-bond acceptors (Lipinski definition) is 1. The number of benzene rings is 1. The van der Waals surface area contributed by atoms with Crippen LogP contribution in [0.1, 0.15) is 48.8 Å². The third-order valence-electron chi connectivity index (χ3n) is 4.52. The summed E-state index contributed by atoms with van der Waals surface area (Å²) in [6.45, 7) is 7.61. The van der Waals surface area contributed by atoms with Crippen LogP contribution in [0.15, 0.2) is 18.2 Å². The van der Waals surface area contributed by atoms with Crippen LogP contribution in [0.2, 0.25) is 0 Å². The molecule has 3 unspecified atom stereocenters. The Kier molecular flexibility index (Phi) is 3.88. The molecule has 1 saturated carbocycles. The first-order chi connectivity index (χ1) is 8.11. The molecule has 2 N–H and O–H groups in total. The fourth-order valence-electron chi connectivity index (χ4n) is 3.13. The van der Waals surface area contributed by atoms with Crippen molar-refractivity contribution in [2.24, 2.45) is 17.6 Å². The van der Waals surface area contributed by atoms with Crippen molar-refractivity contribution < 1.29 is 0 Å². The van der Waals surface area contributed by atoms with Crippen LogP contribution in [0.3, 0.4) is 0 Å². The summed E-state index contributed by atoms with van der Waals surface area (Å²) < 4.78 is 0. The molecule has 1 fully saturated rings. The molecule has 94 valence electrons. The molecular formula is C16H25N. The molecule has 0 aromatic heterocycles. The van der Waals surface area contributed by atoms with Crippen molar-refractivity contribution in [2.45, 2.75) is 46.0 Å². The van der Waals surface area contributed by atoms with Gasteiger partial charge in [0.15, 0.2) is 0 Å². The van der Waals surface area contributed by atoms with Gasteiger partial charge in [-0.3, -0.25) is 0 Å². The van der Waals surface area contributed by atoms with Gasteiger partial charge in [-0.25, -0.2) is 0 Å². The van der Waals surface area contributed by atoms with E-state index in [9.17, 15) is 0 Å². The zero-order valence-electron chi connectivity index (χ0n) is 11.4. The Morgan fingerprint density at radius 2 is 1.94 bits per heavy atom. The normalized spacial score (nSPS) is 29.3. The lowest BCUT2D eigenvalue weighted by molar-refractivity contribution is 0.253. The van der Waals surface area contributed by atoms with Crippen molar-refractivity contribution >= 4 is 0 Å². The zero-order chi connectivity index (χ0) is 12.4. The summed E-state index contributed by atoms with van der Waals surface area (Å²) in [6.07, 6.45) is 3.96. The maximum atomic E-state index is 5.94. The second-order valence-corrected chi connectivity index (χ2v) is 5.86. The van der Waals surface area contributed by atoms with E-state index in [4.69, 9.17) is 5.73 Å². The van der Waals surface area contributed by atoms with Gasteiger partial charge in [-0.15, -0.1) is 0 Å². The largest absolute Gasteiger partial charge is 0.330 e. The van der Waals surface area contributed by atoms with Gasteiger partial charge in [0.05, 0.1) is 0 Å². The fourth-order valence-corrected chi connectivity index (χ4v) is 3.13. The van der Waals surface area contributed by atoms with Crippen molar-refractivity contribution in [3.05, 3.63) is 34.9 Å². The molecule has 1 heteroatoms. The van der Waals surface area contributed by atoms with Crippen molar-refractivity contribution in [3.8, 4) is 0 Å². The predicted molar refractivity (Wildman–Crippen MR) is 74.2 cm³/mol. The highest BCUT2D eigenvalue weighted by molar-refractivity contribution is 5.32. The zero-order valence-corrected chi connectivity index (χ0v) is 11.4. The lowest BCUT2D eigenvalue weighted by Crippen LogP contribution is -2.28. The molecule has 1 aromatic rings. The van der Waals surface area contributed by atoms with Crippen LogP contribution >= 0.6 is 0 Å². The molecule has 1 aromatic carbocycles. The van der Waals surface area contributed by atoms with Crippen LogP contribution in [0.25, 0.3) is 0 Å². The van der Waals surface area contributed by atoms with Crippen molar-refractivity contribution in [1.29, 1.82) is 0 Å². The number of rotatable bonds is 2. The van der Waals surface area contributed by atoms with Gasteiger partial charge in [-0.05, 0) is 67.7 Å². The predicted octanol–water partition coefficient (Wildman–Crippen LogP) is 3.78. The van der Waals surface area contributed by atoms with E-state index in [0.29, 0.717) is 11.8 Å². The molecule has 0 radical (unpaired) electrons. The summed E-state index contributed by atoms with van der Waals surface area (Å²) in [7, 11) is 0. The second-order valence-electron chi connectivity index (χ2n) is 5.86. The summed E-state index contributed by atoms with van der Waals surface area (Å²) in [5.74, 6) is 2.22. The minimum atomic E-state index is 0.683. The number of hydrogen-bond donors (Lipinski definition) is 1. The Balaban J connectivity index is 2.25. The molecule has 0 amide bonds. The van der Waals surface area contributed by atoms with Gasteiger partial charge in [0.25, 0.3) is 0 Å². The summed E-state index contributed by atoms with van der Waals surface area (Å²) in [6, 6.07) is 6.95. The van der Waals surface area contributed by atoms with Gasteiger partial charge in [0, 0.05) is 0 Å².